The molecule has 3 aromatic rings. The molecule has 1 unspecified atom stereocenters. The van der Waals surface area contributed by atoms with Crippen molar-refractivity contribution in [1.82, 2.24) is 15.2 Å². The molecule has 4 nitrogen and oxygen atoms in total. The highest BCUT2D eigenvalue weighted by Gasteiger charge is 2.22. The summed E-state index contributed by atoms with van der Waals surface area (Å²) in [5.74, 6) is -0.0323. The van der Waals surface area contributed by atoms with Gasteiger partial charge in [0, 0.05) is 31.5 Å². The minimum atomic E-state index is -0.0323. The van der Waals surface area contributed by atoms with Gasteiger partial charge in [-0.25, -0.2) is 0 Å². The lowest BCUT2D eigenvalue weighted by atomic mass is 10.0. The number of piperidine rings is 1. The fraction of sp³-hybridized carbons (Fsp3) is 0.273. The molecule has 132 valence electrons. The lowest BCUT2D eigenvalue weighted by molar-refractivity contribution is 0.0900. The second-order valence-electron chi connectivity index (χ2n) is 6.93. The van der Waals surface area contributed by atoms with Crippen LogP contribution in [0.2, 0.25) is 0 Å². The van der Waals surface area contributed by atoms with E-state index >= 15 is 0 Å². The number of pyridine rings is 1. The largest absolute Gasteiger partial charge is 0.348 e. The van der Waals surface area contributed by atoms with Crippen LogP contribution in [-0.2, 0) is 6.54 Å². The van der Waals surface area contributed by atoms with Gasteiger partial charge in [0.1, 0.15) is 0 Å². The van der Waals surface area contributed by atoms with Gasteiger partial charge in [0.15, 0.2) is 0 Å². The summed E-state index contributed by atoms with van der Waals surface area (Å²) in [6.45, 7) is 2.87. The lowest BCUT2D eigenvalue weighted by Crippen LogP contribution is -2.47. The van der Waals surface area contributed by atoms with E-state index in [4.69, 9.17) is 0 Å². The van der Waals surface area contributed by atoms with Crippen molar-refractivity contribution in [2.45, 2.75) is 25.4 Å². The number of fused-ring (bicyclic) bond motifs is 1. The molecule has 2 aromatic carbocycles. The Hall–Kier alpha value is -2.72. The van der Waals surface area contributed by atoms with E-state index < -0.39 is 0 Å². The predicted octanol–water partition coefficient (Wildman–Crippen LogP) is 3.63. The van der Waals surface area contributed by atoms with Crippen molar-refractivity contribution in [1.29, 1.82) is 0 Å². The average Bonchev–Trinajstić information content (AvgIpc) is 2.69. The molecule has 1 fully saturated rings. The lowest BCUT2D eigenvalue weighted by Gasteiger charge is -2.33. The van der Waals surface area contributed by atoms with Crippen LogP contribution in [0.3, 0.4) is 0 Å². The molecule has 4 rings (SSSR count). The Bertz CT molecular complexity index is 889. The third kappa shape index (κ3) is 3.75. The van der Waals surface area contributed by atoms with Crippen LogP contribution in [0, 0.1) is 0 Å². The van der Waals surface area contributed by atoms with Gasteiger partial charge in [-0.3, -0.25) is 14.7 Å². The maximum atomic E-state index is 12.4. The minimum absolute atomic E-state index is 0.0323. The van der Waals surface area contributed by atoms with Gasteiger partial charge in [-0.05, 0) is 47.9 Å². The maximum absolute atomic E-state index is 12.4. The van der Waals surface area contributed by atoms with Crippen molar-refractivity contribution >= 4 is 16.7 Å². The minimum Gasteiger partial charge on any atom is -0.348 e. The van der Waals surface area contributed by atoms with E-state index in [2.05, 4.69) is 57.7 Å². The summed E-state index contributed by atoms with van der Waals surface area (Å²) in [4.78, 5) is 18.9. The number of benzene rings is 2. The van der Waals surface area contributed by atoms with Crippen LogP contribution >= 0.6 is 0 Å². The summed E-state index contributed by atoms with van der Waals surface area (Å²) < 4.78 is 0. The van der Waals surface area contributed by atoms with Gasteiger partial charge in [0.05, 0.1) is 5.56 Å². The van der Waals surface area contributed by atoms with Crippen LogP contribution in [-0.4, -0.2) is 34.9 Å². The smallest absolute Gasteiger partial charge is 0.253 e. The zero-order valence-electron chi connectivity index (χ0n) is 14.8. The first-order chi connectivity index (χ1) is 12.8. The summed E-state index contributed by atoms with van der Waals surface area (Å²) in [6, 6.07) is 18.8. The van der Waals surface area contributed by atoms with Crippen LogP contribution in [0.4, 0.5) is 0 Å². The van der Waals surface area contributed by atoms with Crippen molar-refractivity contribution in [3.05, 3.63) is 78.1 Å². The molecular formula is C22H23N3O. The van der Waals surface area contributed by atoms with E-state index in [9.17, 15) is 4.79 Å². The summed E-state index contributed by atoms with van der Waals surface area (Å²) in [6.07, 6.45) is 5.43. The normalized spacial score (nSPS) is 17.9. The van der Waals surface area contributed by atoms with Gasteiger partial charge in [0.25, 0.3) is 5.91 Å². The standard InChI is InChI=1S/C22H23N3O/c26-22(18-9-4-12-23-14-18)24-20-10-5-13-25(16-20)15-19-8-3-7-17-6-1-2-11-21(17)19/h1-4,6-9,11-12,14,20H,5,10,13,15-16H2,(H,24,26). The number of nitrogens with one attached hydrogen (secondary N) is 1. The zero-order chi connectivity index (χ0) is 17.8. The van der Waals surface area contributed by atoms with Crippen molar-refractivity contribution in [3.63, 3.8) is 0 Å². The van der Waals surface area contributed by atoms with Crippen LogP contribution in [0.1, 0.15) is 28.8 Å². The molecule has 1 aromatic heterocycles. The van der Waals surface area contributed by atoms with Crippen molar-refractivity contribution < 1.29 is 4.79 Å². The molecule has 1 saturated heterocycles. The van der Waals surface area contributed by atoms with E-state index in [1.807, 2.05) is 0 Å². The summed E-state index contributed by atoms with van der Waals surface area (Å²) >= 11 is 0. The molecule has 0 saturated carbocycles. The monoisotopic (exact) mass is 345 g/mol. The number of carbonyl (C=O) groups excluding carboxylic acids is 1. The fourth-order valence-electron chi connectivity index (χ4n) is 3.75. The Morgan fingerprint density at radius 1 is 1.12 bits per heavy atom. The molecule has 0 aliphatic carbocycles. The topological polar surface area (TPSA) is 45.2 Å². The highest BCUT2D eigenvalue weighted by atomic mass is 16.1. The number of hydrogen-bond acceptors (Lipinski definition) is 3. The number of amides is 1. The van der Waals surface area contributed by atoms with Gasteiger partial charge in [-0.2, -0.15) is 0 Å². The fourth-order valence-corrected chi connectivity index (χ4v) is 3.75. The Labute approximate surface area is 153 Å². The number of rotatable bonds is 4. The Morgan fingerprint density at radius 3 is 2.88 bits per heavy atom. The number of likely N-dealkylation sites (tertiary alicyclic amines) is 1. The quantitative estimate of drug-likeness (QED) is 0.785. The number of nitrogens with zero attached hydrogens (tertiary/aromatic N) is 2. The highest BCUT2D eigenvalue weighted by Crippen LogP contribution is 2.21. The third-order valence-electron chi connectivity index (χ3n) is 5.04. The van der Waals surface area contributed by atoms with Gasteiger partial charge in [-0.15, -0.1) is 0 Å². The third-order valence-corrected chi connectivity index (χ3v) is 5.04. The number of hydrogen-bond donors (Lipinski definition) is 1. The number of aromatic nitrogens is 1. The van der Waals surface area contributed by atoms with E-state index in [0.717, 1.165) is 32.5 Å². The first-order valence-corrected chi connectivity index (χ1v) is 9.19. The Balaban J connectivity index is 1.43. The molecule has 4 heteroatoms. The first-order valence-electron chi connectivity index (χ1n) is 9.19. The van der Waals surface area contributed by atoms with E-state index in [-0.39, 0.29) is 11.9 Å². The van der Waals surface area contributed by atoms with Crippen molar-refractivity contribution in [2.75, 3.05) is 13.1 Å². The molecule has 2 heterocycles. The Kier molecular flexibility index (Phi) is 4.93. The molecular weight excluding hydrogens is 322 g/mol. The molecule has 0 spiro atoms. The van der Waals surface area contributed by atoms with Gasteiger partial charge in [-0.1, -0.05) is 42.5 Å². The van der Waals surface area contributed by atoms with Crippen LogP contribution in [0.25, 0.3) is 10.8 Å². The van der Waals surface area contributed by atoms with Crippen molar-refractivity contribution in [3.8, 4) is 0 Å². The van der Waals surface area contributed by atoms with E-state index in [0.29, 0.717) is 5.56 Å². The predicted molar refractivity (Wildman–Crippen MR) is 104 cm³/mol. The first kappa shape index (κ1) is 16.7. The molecule has 1 amide bonds. The maximum Gasteiger partial charge on any atom is 0.253 e. The molecule has 0 bridgehead atoms. The second kappa shape index (κ2) is 7.67. The van der Waals surface area contributed by atoms with Crippen molar-refractivity contribution in [2.24, 2.45) is 0 Å². The highest BCUT2D eigenvalue weighted by molar-refractivity contribution is 5.94. The summed E-state index contributed by atoms with van der Waals surface area (Å²) in [7, 11) is 0. The second-order valence-corrected chi connectivity index (χ2v) is 6.93. The molecule has 1 N–H and O–H groups in total. The molecule has 0 radical (unpaired) electrons. The van der Waals surface area contributed by atoms with Crippen LogP contribution in [0.15, 0.2) is 67.0 Å². The van der Waals surface area contributed by atoms with Crippen LogP contribution < -0.4 is 5.32 Å². The van der Waals surface area contributed by atoms with Crippen LogP contribution in [0.5, 0.6) is 0 Å². The van der Waals surface area contributed by atoms with E-state index in [1.165, 1.54) is 16.3 Å². The Morgan fingerprint density at radius 2 is 2.00 bits per heavy atom. The summed E-state index contributed by atoms with van der Waals surface area (Å²) in [5.41, 5.74) is 1.97. The SMILES string of the molecule is O=C(NC1CCCN(Cc2cccc3ccccc23)C1)c1cccnc1. The average molecular weight is 345 g/mol. The molecule has 1 atom stereocenters. The molecule has 1 aliphatic rings. The van der Waals surface area contributed by atoms with Gasteiger partial charge < -0.3 is 5.32 Å². The zero-order valence-corrected chi connectivity index (χ0v) is 14.8. The van der Waals surface area contributed by atoms with Gasteiger partial charge >= 0.3 is 0 Å². The van der Waals surface area contributed by atoms with E-state index in [1.54, 1.807) is 24.5 Å². The molecule has 1 aliphatic heterocycles. The number of carbonyl (C=O) groups is 1. The van der Waals surface area contributed by atoms with Gasteiger partial charge in [0.2, 0.25) is 0 Å². The summed E-state index contributed by atoms with van der Waals surface area (Å²) in [5, 5.41) is 5.76. The molecule has 26 heavy (non-hydrogen) atoms.